The topological polar surface area (TPSA) is 184 Å². The summed E-state index contributed by atoms with van der Waals surface area (Å²) in [6, 6.07) is 114. The summed E-state index contributed by atoms with van der Waals surface area (Å²) < 4.78 is 17.5. The summed E-state index contributed by atoms with van der Waals surface area (Å²) in [5.41, 5.74) is 29.7. The molecule has 11 nitrogen and oxygen atoms in total. The van der Waals surface area contributed by atoms with E-state index in [4.69, 9.17) is 24.9 Å². The monoisotopic (exact) mass is 2400 g/mol. The van der Waals surface area contributed by atoms with E-state index in [1.165, 1.54) is 68.6 Å². The molecule has 3 heterocycles. The summed E-state index contributed by atoms with van der Waals surface area (Å²) in [4.78, 5) is 29.9. The Morgan fingerprint density at radius 1 is 0.341 bits per heavy atom. The molecule has 18 heteroatoms. The smallest absolute Gasteiger partial charge is 0.135 e. The molecule has 0 spiro atoms. The molecule has 0 fully saturated rings. The van der Waals surface area contributed by atoms with Crippen LogP contribution in [0.25, 0.3) is 140 Å². The molecule has 3 aromatic heterocycles. The molecule has 19 aromatic rings. The number of aromatic nitrogens is 3. The van der Waals surface area contributed by atoms with Crippen molar-refractivity contribution in [2.24, 2.45) is 15.0 Å². The van der Waals surface area contributed by atoms with Crippen molar-refractivity contribution >= 4 is 111 Å². The minimum Gasteiger partial charge on any atom is -0.507 e. The van der Waals surface area contributed by atoms with Gasteiger partial charge in [0, 0.05) is 142 Å². The molecule has 0 atom stereocenters. The third-order valence-corrected chi connectivity index (χ3v) is 27.1. The number of hydrogen-bond donors (Lipinski definition) is 3. The SMILES string of the molecule is CC(C)(C)c1c[c-]c(-c2cc(C(C)(C)C)cc3sc(-c4ccccc4N=Cc4c(O)cccc4F)nc23)cc1.CC(C)(C)c1ccc(O)c(C=Nc2ccccc2-c2nc3c(-c4[c-]cc(C#N)cc4)ccc(-c4ccc(C#N)cc4)c3s2)c1.Cc1cc(C)cc(-c2cc[c-]c(-c3cc(C(C)(C)C)cc4sc(-c5ccccc5N=Cc5cc(-c6ccc7ccccc7c6)ccc5O)nc34)c2)c1.[Pt].[Pt].[Pt]. The zero-order valence-electron chi connectivity index (χ0n) is 78.6. The second-order valence-electron chi connectivity index (χ2n) is 37.9. The van der Waals surface area contributed by atoms with Crippen LogP contribution in [-0.4, -0.2) is 48.9 Å². The van der Waals surface area contributed by atoms with Crippen molar-refractivity contribution in [2.75, 3.05) is 0 Å². The summed E-state index contributed by atoms with van der Waals surface area (Å²) >= 11 is 4.88. The van der Waals surface area contributed by atoms with Crippen LogP contribution in [-0.2, 0) is 84.9 Å². The van der Waals surface area contributed by atoms with E-state index >= 15 is 0 Å². The van der Waals surface area contributed by atoms with Crippen molar-refractivity contribution in [3.8, 4) is 128 Å². The van der Waals surface area contributed by atoms with Gasteiger partial charge in [0.15, 0.2) is 0 Å². The average molecular weight is 2400 g/mol. The summed E-state index contributed by atoms with van der Waals surface area (Å²) in [6.45, 7) is 30.7. The first-order valence-electron chi connectivity index (χ1n) is 44.7. The van der Waals surface area contributed by atoms with Crippen molar-refractivity contribution in [3.63, 3.8) is 0 Å². The van der Waals surface area contributed by atoms with Crippen LogP contribution in [0.4, 0.5) is 21.5 Å². The second-order valence-corrected chi connectivity index (χ2v) is 41.0. The Hall–Kier alpha value is -13.2. The van der Waals surface area contributed by atoms with E-state index in [9.17, 15) is 30.2 Å². The standard InChI is InChI=1S/C48H39N2OS.C38H27N4OS.C34H32FN2OS.3Pt/c1-30-21-31(2)23-38(22-30)34-13-10-14-37(25-34)42-27-40(48(3,4)5)28-45-46(42)50-47(52-45)41-15-8-9-16-43(41)49-29-39-26-36(19-20-44(39)51)35-18-17-32-11-6-7-12-33(32)24-35;1-38(2,3)29-16-19-34(43)28(20-29)23-41-33-7-5-4-6-32(33)37-42-35-30(26-12-8-24(21-39)9-13-26)17-18-31(36(35)44-37)27-14-10-25(22-40)11-15-27;1-33(2,3)22-16-14-21(15-17-22)25-18-23(34(4,5)6)19-30-31(25)37-32(39-30)24-10-7-8-12-28(24)36-20-26-27(35)11-9-13-29(26)38;;;/h6-13,15-29,51H,1-5H3;4-12,14-20,23,43H,1-3H3;7-14,16-20,38H,1-6H3;;;/q3*-1;;;. The normalized spacial score (nSPS) is 11.7. The Kier molecular flexibility index (Phi) is 31.0. The molecule has 0 aliphatic carbocycles. The number of thiazole rings is 3. The number of benzene rings is 16. The molecule has 0 radical (unpaired) electrons. The summed E-state index contributed by atoms with van der Waals surface area (Å²) in [7, 11) is 0. The molecule has 138 heavy (non-hydrogen) atoms. The van der Waals surface area contributed by atoms with Gasteiger partial charge in [-0.25, -0.2) is 24.6 Å². The molecular weight excluding hydrogens is 2300 g/mol. The van der Waals surface area contributed by atoms with E-state index in [1.54, 1.807) is 70.7 Å². The Morgan fingerprint density at radius 2 is 0.804 bits per heavy atom. The second kappa shape index (κ2) is 42.4. The van der Waals surface area contributed by atoms with Gasteiger partial charge in [0.1, 0.15) is 38.1 Å². The van der Waals surface area contributed by atoms with Crippen molar-refractivity contribution in [1.29, 1.82) is 10.5 Å². The molecule has 19 rings (SSSR count). The molecule has 16 aromatic carbocycles. The Morgan fingerprint density at radius 3 is 1.36 bits per heavy atom. The van der Waals surface area contributed by atoms with Crippen LogP contribution in [0.2, 0.25) is 0 Å². The van der Waals surface area contributed by atoms with E-state index in [0.717, 1.165) is 140 Å². The number of aryl methyl sites for hydroxylation is 2. The summed E-state index contributed by atoms with van der Waals surface area (Å²) in [6.07, 6.45) is 4.82. The predicted octanol–water partition coefficient (Wildman–Crippen LogP) is 32.5. The number of aliphatic imine (C=N–C) groups is 3. The fraction of sp³-hybridized carbons (Fsp3) is 0.150. The fourth-order valence-corrected chi connectivity index (χ4v) is 19.5. The van der Waals surface area contributed by atoms with Crippen LogP contribution in [0.1, 0.15) is 144 Å². The van der Waals surface area contributed by atoms with Crippen LogP contribution in [0, 0.1) is 60.5 Å². The Balaban J connectivity index is 0.000000165. The van der Waals surface area contributed by atoms with Crippen molar-refractivity contribution in [1.82, 2.24) is 15.0 Å². The number of para-hydroxylation sites is 3. The van der Waals surface area contributed by atoms with Gasteiger partial charge in [-0.3, -0.25) is 15.0 Å². The minimum atomic E-state index is -0.524. The number of halogens is 1. The van der Waals surface area contributed by atoms with Gasteiger partial charge in [-0.05, 0) is 199 Å². The third kappa shape index (κ3) is 22.6. The van der Waals surface area contributed by atoms with Gasteiger partial charge in [0.25, 0.3) is 0 Å². The molecular formula is C120H98FN8O3Pt3S3-3. The Labute approximate surface area is 861 Å². The summed E-state index contributed by atoms with van der Waals surface area (Å²) in [5.74, 6) is -0.312. The van der Waals surface area contributed by atoms with E-state index in [-0.39, 0.29) is 108 Å². The van der Waals surface area contributed by atoms with E-state index in [0.29, 0.717) is 27.9 Å². The van der Waals surface area contributed by atoms with Crippen LogP contribution in [0.3, 0.4) is 0 Å². The number of fused-ring (bicyclic) bond motifs is 4. The first-order valence-corrected chi connectivity index (χ1v) is 47.1. The first-order chi connectivity index (χ1) is 64.7. The molecule has 0 aliphatic heterocycles. The van der Waals surface area contributed by atoms with Gasteiger partial charge in [-0.2, -0.15) is 5.26 Å². The van der Waals surface area contributed by atoms with Gasteiger partial charge in [0.05, 0.1) is 39.0 Å². The van der Waals surface area contributed by atoms with Crippen molar-refractivity contribution < 1.29 is 82.9 Å². The zero-order valence-corrected chi connectivity index (χ0v) is 87.8. The number of aromatic hydroxyl groups is 3. The average Bonchev–Trinajstić information content (AvgIpc) is 1.66. The molecule has 0 amide bonds. The molecule has 0 aliphatic rings. The maximum atomic E-state index is 14.3. The number of phenolic OH excluding ortho intramolecular Hbond substituents is 3. The fourth-order valence-electron chi connectivity index (χ4n) is 16.2. The maximum absolute atomic E-state index is 14.3. The van der Waals surface area contributed by atoms with Gasteiger partial charge in [-0.1, -0.05) is 256 Å². The number of nitriles is 2. The first kappa shape index (κ1) is 101. The van der Waals surface area contributed by atoms with Gasteiger partial charge < -0.3 is 15.3 Å². The van der Waals surface area contributed by atoms with Crippen LogP contribution in [0.15, 0.2) is 318 Å². The Bertz CT molecular complexity index is 7820. The number of hydrogen-bond acceptors (Lipinski definition) is 14. The van der Waals surface area contributed by atoms with Crippen LogP contribution in [0.5, 0.6) is 17.2 Å². The van der Waals surface area contributed by atoms with Crippen molar-refractivity contribution in [2.45, 2.75) is 119 Å². The molecule has 0 bridgehead atoms. The molecule has 0 saturated carbocycles. The van der Waals surface area contributed by atoms with Gasteiger partial charge >= 0.3 is 0 Å². The van der Waals surface area contributed by atoms with E-state index in [1.807, 2.05) is 133 Å². The molecule has 3 N–H and O–H groups in total. The quantitative estimate of drug-likeness (QED) is 0.0669. The van der Waals surface area contributed by atoms with Crippen LogP contribution < -0.4 is 0 Å². The minimum absolute atomic E-state index is 0. The van der Waals surface area contributed by atoms with Gasteiger partial charge in [-0.15, -0.1) is 135 Å². The number of rotatable bonds is 15. The number of phenols is 3. The molecule has 0 unspecified atom stereocenters. The molecule has 0 saturated heterocycles. The predicted molar refractivity (Wildman–Crippen MR) is 562 cm³/mol. The summed E-state index contributed by atoms with van der Waals surface area (Å²) in [5, 5.41) is 55.0. The zero-order chi connectivity index (χ0) is 94.8. The maximum Gasteiger partial charge on any atom is 0.135 e. The molecule has 694 valence electrons. The van der Waals surface area contributed by atoms with Crippen LogP contribution >= 0.6 is 34.0 Å². The third-order valence-electron chi connectivity index (χ3n) is 23.9. The van der Waals surface area contributed by atoms with E-state index < -0.39 is 5.82 Å². The van der Waals surface area contributed by atoms with E-state index in [2.05, 4.69) is 260 Å². The van der Waals surface area contributed by atoms with Crippen molar-refractivity contribution in [3.05, 3.63) is 389 Å². The van der Waals surface area contributed by atoms with Gasteiger partial charge in [0.2, 0.25) is 0 Å². The largest absolute Gasteiger partial charge is 0.507 e. The number of nitrogens with zero attached hydrogens (tertiary/aromatic N) is 8.